The zero-order valence-corrected chi connectivity index (χ0v) is 25.7. The van der Waals surface area contributed by atoms with Crippen molar-refractivity contribution in [3.63, 3.8) is 0 Å². The predicted octanol–water partition coefficient (Wildman–Crippen LogP) is 5.38. The molecule has 1 N–H and O–H groups in total. The molecule has 0 unspecified atom stereocenters. The zero-order valence-electron chi connectivity index (χ0n) is 24.9. The topological polar surface area (TPSA) is 102 Å². The standard InChI is InChI=1S/C32H36N4O5S/c1-21-11-14-28(15-12-21)42(38,39)35(29-16-13-27(40-6)18-30(29)41-7)20-31(37)34-33-19-26-17-24(4)36(25(26)5)32-22(2)9-8-10-23(32)3/h8-19H,20H2,1-7H3,(H,34,37)/b33-19-. The van der Waals surface area contributed by atoms with Crippen molar-refractivity contribution in [1.29, 1.82) is 0 Å². The molecular weight excluding hydrogens is 552 g/mol. The molecule has 4 aromatic rings. The van der Waals surface area contributed by atoms with Crippen LogP contribution in [-0.2, 0) is 14.8 Å². The van der Waals surface area contributed by atoms with Crippen LogP contribution in [0, 0.1) is 34.6 Å². The zero-order chi connectivity index (χ0) is 30.6. The van der Waals surface area contributed by atoms with Gasteiger partial charge in [0.15, 0.2) is 0 Å². The van der Waals surface area contributed by atoms with Crippen molar-refractivity contribution in [2.45, 2.75) is 39.5 Å². The summed E-state index contributed by atoms with van der Waals surface area (Å²) < 4.78 is 41.5. The number of para-hydroxylation sites is 1. The maximum Gasteiger partial charge on any atom is 0.264 e. The number of hydrogen-bond acceptors (Lipinski definition) is 6. The lowest BCUT2D eigenvalue weighted by atomic mass is 10.1. The Morgan fingerprint density at radius 1 is 0.929 bits per heavy atom. The molecule has 0 radical (unpaired) electrons. The molecule has 42 heavy (non-hydrogen) atoms. The van der Waals surface area contributed by atoms with Crippen molar-refractivity contribution >= 4 is 27.8 Å². The van der Waals surface area contributed by atoms with Gasteiger partial charge >= 0.3 is 0 Å². The van der Waals surface area contributed by atoms with Crippen molar-refractivity contribution in [2.75, 3.05) is 25.1 Å². The first-order valence-corrected chi connectivity index (χ1v) is 14.8. The van der Waals surface area contributed by atoms with E-state index in [1.807, 2.05) is 32.9 Å². The summed E-state index contributed by atoms with van der Waals surface area (Å²) in [4.78, 5) is 13.2. The van der Waals surface area contributed by atoms with E-state index in [0.717, 1.165) is 43.6 Å². The lowest BCUT2D eigenvalue weighted by molar-refractivity contribution is -0.119. The first kappa shape index (κ1) is 30.4. The fourth-order valence-corrected chi connectivity index (χ4v) is 6.32. The normalized spacial score (nSPS) is 11.5. The number of benzene rings is 3. The highest BCUT2D eigenvalue weighted by Crippen LogP contribution is 2.35. The first-order chi connectivity index (χ1) is 20.0. The smallest absolute Gasteiger partial charge is 0.264 e. The number of carbonyl (C=O) groups excluding carboxylic acids is 1. The maximum atomic E-state index is 13.8. The second-order valence-corrected chi connectivity index (χ2v) is 11.9. The molecule has 0 bridgehead atoms. The Hall–Kier alpha value is -4.57. The molecule has 0 saturated carbocycles. The second-order valence-electron chi connectivity index (χ2n) is 10.1. The molecular formula is C32H36N4O5S. The number of hydrogen-bond donors (Lipinski definition) is 1. The van der Waals surface area contributed by atoms with Crippen LogP contribution in [0.2, 0.25) is 0 Å². The molecule has 9 nitrogen and oxygen atoms in total. The fraction of sp³-hybridized carbons (Fsp3) is 0.250. The minimum absolute atomic E-state index is 0.0428. The SMILES string of the molecule is COc1ccc(N(CC(=O)N/N=C\c2cc(C)n(-c3c(C)cccc3C)c2C)S(=O)(=O)c2ccc(C)cc2)c(OC)c1. The minimum atomic E-state index is -4.15. The summed E-state index contributed by atoms with van der Waals surface area (Å²) in [5.74, 6) is 0.0967. The summed E-state index contributed by atoms with van der Waals surface area (Å²) in [5, 5.41) is 4.17. The van der Waals surface area contributed by atoms with Crippen LogP contribution in [0.5, 0.6) is 11.5 Å². The van der Waals surface area contributed by atoms with Gasteiger partial charge in [-0.05, 0) is 76.1 Å². The molecule has 0 fully saturated rings. The number of anilines is 1. The van der Waals surface area contributed by atoms with Gasteiger partial charge in [-0.15, -0.1) is 0 Å². The third kappa shape index (κ3) is 6.18. The molecule has 0 aliphatic carbocycles. The van der Waals surface area contributed by atoms with Gasteiger partial charge in [0.2, 0.25) is 0 Å². The lowest BCUT2D eigenvalue weighted by Crippen LogP contribution is -2.39. The number of hydrazone groups is 1. The van der Waals surface area contributed by atoms with Gasteiger partial charge in [-0.2, -0.15) is 5.10 Å². The van der Waals surface area contributed by atoms with Crippen LogP contribution >= 0.6 is 0 Å². The molecule has 1 heterocycles. The summed E-state index contributed by atoms with van der Waals surface area (Å²) in [6, 6.07) is 19.3. The van der Waals surface area contributed by atoms with Crippen LogP contribution in [0.1, 0.15) is 33.6 Å². The van der Waals surface area contributed by atoms with E-state index in [4.69, 9.17) is 9.47 Å². The molecule has 0 atom stereocenters. The van der Waals surface area contributed by atoms with Gasteiger partial charge in [0.25, 0.3) is 15.9 Å². The van der Waals surface area contributed by atoms with E-state index in [2.05, 4.69) is 41.1 Å². The highest BCUT2D eigenvalue weighted by molar-refractivity contribution is 7.92. The minimum Gasteiger partial charge on any atom is -0.497 e. The third-order valence-electron chi connectivity index (χ3n) is 7.08. The lowest BCUT2D eigenvalue weighted by Gasteiger charge is -2.25. The Labute approximate surface area is 247 Å². The van der Waals surface area contributed by atoms with Gasteiger partial charge in [-0.1, -0.05) is 35.9 Å². The number of ether oxygens (including phenoxy) is 2. The van der Waals surface area contributed by atoms with Crippen LogP contribution in [0.15, 0.2) is 76.7 Å². The van der Waals surface area contributed by atoms with Gasteiger partial charge in [0.1, 0.15) is 18.0 Å². The number of carbonyl (C=O) groups is 1. The number of nitrogens with one attached hydrogen (secondary N) is 1. The third-order valence-corrected chi connectivity index (χ3v) is 8.85. The summed E-state index contributed by atoms with van der Waals surface area (Å²) in [6.45, 7) is 9.49. The number of aromatic nitrogens is 1. The van der Waals surface area contributed by atoms with Gasteiger partial charge in [-0.25, -0.2) is 13.8 Å². The fourth-order valence-electron chi connectivity index (χ4n) is 4.89. The summed E-state index contributed by atoms with van der Waals surface area (Å²) in [6.07, 6.45) is 1.57. The van der Waals surface area contributed by atoms with Crippen molar-refractivity contribution in [2.24, 2.45) is 5.10 Å². The highest BCUT2D eigenvalue weighted by Gasteiger charge is 2.29. The van der Waals surface area contributed by atoms with E-state index < -0.39 is 22.5 Å². The maximum absolute atomic E-state index is 13.8. The van der Waals surface area contributed by atoms with E-state index >= 15 is 0 Å². The van der Waals surface area contributed by atoms with Crippen LogP contribution < -0.4 is 19.2 Å². The Bertz CT molecular complexity index is 1720. The van der Waals surface area contributed by atoms with Gasteiger partial charge in [0.05, 0.1) is 36.7 Å². The molecule has 1 aromatic heterocycles. The Morgan fingerprint density at radius 2 is 1.60 bits per heavy atom. The summed E-state index contributed by atoms with van der Waals surface area (Å²) in [7, 11) is -1.22. The number of nitrogens with zero attached hydrogens (tertiary/aromatic N) is 3. The molecule has 0 spiro atoms. The monoisotopic (exact) mass is 588 g/mol. The first-order valence-electron chi connectivity index (χ1n) is 13.4. The molecule has 1 amide bonds. The molecule has 0 aliphatic rings. The number of sulfonamides is 1. The molecule has 3 aromatic carbocycles. The van der Waals surface area contributed by atoms with Crippen LogP contribution in [0.25, 0.3) is 5.69 Å². The van der Waals surface area contributed by atoms with Crippen molar-refractivity contribution in [3.8, 4) is 17.2 Å². The van der Waals surface area contributed by atoms with E-state index in [1.165, 1.54) is 26.4 Å². The van der Waals surface area contributed by atoms with Crippen LogP contribution in [0.3, 0.4) is 0 Å². The van der Waals surface area contributed by atoms with Crippen molar-refractivity contribution < 1.29 is 22.7 Å². The van der Waals surface area contributed by atoms with Crippen molar-refractivity contribution in [3.05, 3.63) is 100 Å². The predicted molar refractivity (Wildman–Crippen MR) is 166 cm³/mol. The van der Waals surface area contributed by atoms with E-state index in [0.29, 0.717) is 5.75 Å². The summed E-state index contributed by atoms with van der Waals surface area (Å²) >= 11 is 0. The molecule has 4 rings (SSSR count). The summed E-state index contributed by atoms with van der Waals surface area (Å²) in [5.41, 5.74) is 9.83. The molecule has 0 aliphatic heterocycles. The van der Waals surface area contributed by atoms with Crippen molar-refractivity contribution in [1.82, 2.24) is 9.99 Å². The average Bonchev–Trinajstić information content (AvgIpc) is 3.23. The molecule has 10 heteroatoms. The van der Waals surface area contributed by atoms with E-state index in [1.54, 1.807) is 36.5 Å². The van der Waals surface area contributed by atoms with Crippen LogP contribution in [0.4, 0.5) is 5.69 Å². The van der Waals surface area contributed by atoms with Gasteiger partial charge < -0.3 is 14.0 Å². The number of aryl methyl sites for hydroxylation is 4. The Balaban J connectivity index is 1.63. The second kappa shape index (κ2) is 12.5. The quantitative estimate of drug-likeness (QED) is 0.198. The average molecular weight is 589 g/mol. The van der Waals surface area contributed by atoms with E-state index in [9.17, 15) is 13.2 Å². The number of methoxy groups -OCH3 is 2. The molecule has 0 saturated heterocycles. The number of rotatable bonds is 10. The Morgan fingerprint density at radius 3 is 2.21 bits per heavy atom. The molecule has 220 valence electrons. The number of amides is 1. The highest BCUT2D eigenvalue weighted by atomic mass is 32.2. The largest absolute Gasteiger partial charge is 0.497 e. The van der Waals surface area contributed by atoms with E-state index in [-0.39, 0.29) is 16.3 Å². The Kier molecular flexibility index (Phi) is 9.06. The van der Waals surface area contributed by atoms with Crippen LogP contribution in [-0.4, -0.2) is 45.9 Å². The van der Waals surface area contributed by atoms with Gasteiger partial charge in [0, 0.05) is 23.0 Å². The van der Waals surface area contributed by atoms with Gasteiger partial charge in [-0.3, -0.25) is 9.10 Å².